The van der Waals surface area contributed by atoms with Crippen LogP contribution >= 0.6 is 15.9 Å². The first-order valence-electron chi connectivity index (χ1n) is 11.1. The molecule has 0 aliphatic carbocycles. The summed E-state index contributed by atoms with van der Waals surface area (Å²) in [5, 5.41) is 17.0. The summed E-state index contributed by atoms with van der Waals surface area (Å²) in [6.07, 6.45) is 2.86. The van der Waals surface area contributed by atoms with Gasteiger partial charge in [-0.3, -0.25) is 9.59 Å². The zero-order chi connectivity index (χ0) is 26.1. The van der Waals surface area contributed by atoms with Gasteiger partial charge in [0, 0.05) is 35.4 Å². The van der Waals surface area contributed by atoms with Crippen molar-refractivity contribution >= 4 is 45.7 Å². The van der Waals surface area contributed by atoms with Crippen molar-refractivity contribution < 1.29 is 19.4 Å². The number of carbonyl (C=O) groups excluding carboxylic acids is 2. The molecule has 0 aliphatic rings. The Hall–Kier alpha value is -4.11. The summed E-state index contributed by atoms with van der Waals surface area (Å²) in [5.74, 6) is -0.882. The van der Waals surface area contributed by atoms with E-state index in [2.05, 4.69) is 31.8 Å². The molecule has 0 radical (unpaired) electrons. The number of rotatable bonds is 9. The molecule has 0 spiro atoms. The predicted molar refractivity (Wildman–Crippen MR) is 145 cm³/mol. The molecule has 0 atom stereocenters. The molecular weight excluding hydrogens is 524 g/mol. The molecule has 0 saturated carbocycles. The molecule has 0 aliphatic heterocycles. The molecule has 0 aromatic heterocycles. The lowest BCUT2D eigenvalue weighted by Crippen LogP contribution is -2.32. The van der Waals surface area contributed by atoms with Gasteiger partial charge in [-0.2, -0.15) is 5.10 Å². The molecule has 0 unspecified atom stereocenters. The predicted octanol–water partition coefficient (Wildman–Crippen LogP) is 4.54. The number of nitrogens with zero attached hydrogens (tertiary/aromatic N) is 2. The van der Waals surface area contributed by atoms with Gasteiger partial charge in [0.2, 0.25) is 0 Å². The van der Waals surface area contributed by atoms with Crippen molar-refractivity contribution in [1.29, 1.82) is 0 Å². The Bertz CT molecular complexity index is 1270. The van der Waals surface area contributed by atoms with E-state index in [1.54, 1.807) is 55.5 Å². The smallest absolute Gasteiger partial charge is 0.287 e. The lowest BCUT2D eigenvalue weighted by Gasteiger charge is -2.13. The third-order valence-electron chi connectivity index (χ3n) is 4.99. The summed E-state index contributed by atoms with van der Waals surface area (Å²) >= 11 is 3.36. The fourth-order valence-electron chi connectivity index (χ4n) is 3.16. The zero-order valence-corrected chi connectivity index (χ0v) is 21.7. The van der Waals surface area contributed by atoms with Crippen LogP contribution in [0.25, 0.3) is 6.08 Å². The Morgan fingerprint density at radius 3 is 2.42 bits per heavy atom. The molecule has 0 heterocycles. The molecule has 0 bridgehead atoms. The summed E-state index contributed by atoms with van der Waals surface area (Å²) in [7, 11) is 3.87. The van der Waals surface area contributed by atoms with Gasteiger partial charge in [-0.1, -0.05) is 46.3 Å². The first kappa shape index (κ1) is 26.5. The van der Waals surface area contributed by atoms with Crippen molar-refractivity contribution in [3.8, 4) is 11.5 Å². The SMILES string of the molecule is CCOc1cc(Br)cc(/C=N/NC(=O)/C(=C/c2ccc(N(C)C)cc2)NC(=O)c2ccccc2)c1O. The van der Waals surface area contributed by atoms with Gasteiger partial charge in [0.05, 0.1) is 12.8 Å². The minimum Gasteiger partial charge on any atom is -0.504 e. The number of hydrogen-bond donors (Lipinski definition) is 3. The van der Waals surface area contributed by atoms with Gasteiger partial charge in [0.25, 0.3) is 11.8 Å². The number of ether oxygens (including phenoxy) is 1. The zero-order valence-electron chi connectivity index (χ0n) is 20.2. The summed E-state index contributed by atoms with van der Waals surface area (Å²) in [6, 6.07) is 19.4. The van der Waals surface area contributed by atoms with Crippen molar-refractivity contribution in [2.45, 2.75) is 6.92 Å². The van der Waals surface area contributed by atoms with E-state index in [0.29, 0.717) is 27.8 Å². The monoisotopic (exact) mass is 550 g/mol. The van der Waals surface area contributed by atoms with Crippen LogP contribution in [-0.2, 0) is 4.79 Å². The molecule has 0 fully saturated rings. The molecule has 36 heavy (non-hydrogen) atoms. The van der Waals surface area contributed by atoms with Crippen LogP contribution in [-0.4, -0.2) is 43.8 Å². The number of nitrogens with one attached hydrogen (secondary N) is 2. The van der Waals surface area contributed by atoms with Gasteiger partial charge in [0.1, 0.15) is 5.70 Å². The van der Waals surface area contributed by atoms with Gasteiger partial charge >= 0.3 is 0 Å². The van der Waals surface area contributed by atoms with Crippen molar-refractivity contribution in [3.05, 3.63) is 93.6 Å². The van der Waals surface area contributed by atoms with E-state index >= 15 is 0 Å². The molecule has 3 N–H and O–H groups in total. The maximum atomic E-state index is 13.0. The number of benzene rings is 3. The van der Waals surface area contributed by atoms with Crippen molar-refractivity contribution in [2.24, 2.45) is 5.10 Å². The van der Waals surface area contributed by atoms with Gasteiger partial charge in [-0.25, -0.2) is 5.43 Å². The van der Waals surface area contributed by atoms with Crippen LogP contribution < -0.4 is 20.4 Å². The molecule has 9 heteroatoms. The molecule has 3 aromatic rings. The van der Waals surface area contributed by atoms with Gasteiger partial charge in [-0.15, -0.1) is 0 Å². The normalized spacial score (nSPS) is 11.3. The molecule has 3 rings (SSSR count). The molecule has 8 nitrogen and oxygen atoms in total. The highest BCUT2D eigenvalue weighted by Crippen LogP contribution is 2.32. The minimum atomic E-state index is -0.633. The van der Waals surface area contributed by atoms with Crippen LogP contribution in [0.3, 0.4) is 0 Å². The van der Waals surface area contributed by atoms with Gasteiger partial charge < -0.3 is 20.1 Å². The number of phenols is 1. The van der Waals surface area contributed by atoms with Crippen LogP contribution in [0.4, 0.5) is 5.69 Å². The average molecular weight is 551 g/mol. The number of halogens is 1. The van der Waals surface area contributed by atoms with E-state index in [1.165, 1.54) is 6.21 Å². The second-order valence-corrected chi connectivity index (χ2v) is 8.75. The van der Waals surface area contributed by atoms with Crippen LogP contribution in [0.15, 0.2) is 82.0 Å². The third kappa shape index (κ3) is 7.19. The van der Waals surface area contributed by atoms with Crippen LogP contribution in [0.1, 0.15) is 28.4 Å². The van der Waals surface area contributed by atoms with Crippen LogP contribution in [0, 0.1) is 0 Å². The topological polar surface area (TPSA) is 103 Å². The third-order valence-corrected chi connectivity index (χ3v) is 5.45. The highest BCUT2D eigenvalue weighted by molar-refractivity contribution is 9.10. The maximum absolute atomic E-state index is 13.0. The van der Waals surface area contributed by atoms with Crippen molar-refractivity contribution in [1.82, 2.24) is 10.7 Å². The minimum absolute atomic E-state index is 0.00655. The second-order valence-electron chi connectivity index (χ2n) is 7.84. The number of phenolic OH excluding ortho intramolecular Hbond substituents is 1. The lowest BCUT2D eigenvalue weighted by atomic mass is 10.1. The van der Waals surface area contributed by atoms with E-state index in [1.807, 2.05) is 43.3 Å². The highest BCUT2D eigenvalue weighted by atomic mass is 79.9. The second kappa shape index (κ2) is 12.6. The first-order valence-corrected chi connectivity index (χ1v) is 11.9. The maximum Gasteiger partial charge on any atom is 0.287 e. The van der Waals surface area contributed by atoms with E-state index in [9.17, 15) is 14.7 Å². The first-order chi connectivity index (χ1) is 17.3. The Morgan fingerprint density at radius 1 is 1.08 bits per heavy atom. The number of amides is 2. The number of anilines is 1. The molecular formula is C27H27BrN4O4. The molecule has 0 saturated heterocycles. The fraction of sp³-hybridized carbons (Fsp3) is 0.148. The molecule has 186 valence electrons. The Labute approximate surface area is 218 Å². The Kier molecular flexibility index (Phi) is 9.24. The van der Waals surface area contributed by atoms with Crippen molar-refractivity contribution in [3.63, 3.8) is 0 Å². The number of aromatic hydroxyl groups is 1. The van der Waals surface area contributed by atoms with Gasteiger partial charge in [0.15, 0.2) is 11.5 Å². The van der Waals surface area contributed by atoms with Crippen LogP contribution in [0.2, 0.25) is 0 Å². The summed E-state index contributed by atoms with van der Waals surface area (Å²) in [6.45, 7) is 2.18. The average Bonchev–Trinajstić information content (AvgIpc) is 2.87. The van der Waals surface area contributed by atoms with E-state index in [4.69, 9.17) is 4.74 Å². The number of hydrogen-bond acceptors (Lipinski definition) is 6. The van der Waals surface area contributed by atoms with Crippen molar-refractivity contribution in [2.75, 3.05) is 25.6 Å². The highest BCUT2D eigenvalue weighted by Gasteiger charge is 2.15. The molecule has 3 aromatic carbocycles. The lowest BCUT2D eigenvalue weighted by molar-refractivity contribution is -0.117. The van der Waals surface area contributed by atoms with E-state index in [-0.39, 0.29) is 17.2 Å². The summed E-state index contributed by atoms with van der Waals surface area (Å²) in [4.78, 5) is 27.7. The number of hydrazone groups is 1. The van der Waals surface area contributed by atoms with Gasteiger partial charge in [-0.05, 0) is 55.0 Å². The summed E-state index contributed by atoms with van der Waals surface area (Å²) < 4.78 is 6.08. The summed E-state index contributed by atoms with van der Waals surface area (Å²) in [5.41, 5.74) is 4.87. The van der Waals surface area contributed by atoms with Crippen LogP contribution in [0.5, 0.6) is 11.5 Å². The fourth-order valence-corrected chi connectivity index (χ4v) is 3.61. The Balaban J connectivity index is 1.84. The standard InChI is InChI=1S/C27H27BrN4O4/c1-4-36-24-16-21(28)15-20(25(24)33)17-29-31-27(35)23(30-26(34)19-8-6-5-7-9-19)14-18-10-12-22(13-11-18)32(2)3/h5-17,33H,4H2,1-3H3,(H,30,34)(H,31,35)/b23-14-,29-17+. The Morgan fingerprint density at radius 2 is 1.78 bits per heavy atom. The molecule has 2 amide bonds. The van der Waals surface area contributed by atoms with E-state index in [0.717, 1.165) is 5.69 Å². The largest absolute Gasteiger partial charge is 0.504 e. The van der Waals surface area contributed by atoms with E-state index < -0.39 is 11.8 Å². The number of carbonyl (C=O) groups is 2. The quantitative estimate of drug-likeness (QED) is 0.206.